The largest absolute Gasteiger partial charge is 0.327 e. The number of halogens is 1. The molecular formula is C14H19ClN4S. The van der Waals surface area contributed by atoms with Crippen molar-refractivity contribution in [3.8, 4) is 0 Å². The van der Waals surface area contributed by atoms with E-state index in [1.165, 1.54) is 0 Å². The monoisotopic (exact) mass is 310 g/mol. The van der Waals surface area contributed by atoms with Crippen LogP contribution in [0.1, 0.15) is 24.7 Å². The second kappa shape index (κ2) is 6.61. The van der Waals surface area contributed by atoms with E-state index in [0.29, 0.717) is 0 Å². The Hall–Kier alpha value is -1.04. The third-order valence-electron chi connectivity index (χ3n) is 3.32. The predicted octanol–water partition coefficient (Wildman–Crippen LogP) is 3.21. The average Bonchev–Trinajstić information content (AvgIpc) is 2.74. The fraction of sp³-hybridized carbons (Fsp3) is 0.429. The maximum atomic E-state index is 6.33. The highest BCUT2D eigenvalue weighted by Gasteiger charge is 2.14. The second-order valence-electron chi connectivity index (χ2n) is 4.78. The maximum Gasteiger partial charge on any atom is 0.195 e. The zero-order valence-corrected chi connectivity index (χ0v) is 13.5. The van der Waals surface area contributed by atoms with E-state index in [2.05, 4.69) is 23.2 Å². The van der Waals surface area contributed by atoms with Crippen molar-refractivity contribution in [1.82, 2.24) is 14.8 Å². The lowest BCUT2D eigenvalue weighted by Crippen LogP contribution is -2.21. The molecule has 0 radical (unpaired) electrons. The summed E-state index contributed by atoms with van der Waals surface area (Å²) < 4.78 is 1.97. The number of aromatic nitrogens is 3. The standard InChI is InChI=1S/C14H19ClN4S/c1-4-10(16)8-11-12(15)6-5-7-13(11)20-14-18-17-9(2)19(14)3/h5-7,10H,4,8,16H2,1-3H3. The Labute approximate surface area is 128 Å². The fourth-order valence-electron chi connectivity index (χ4n) is 1.81. The molecule has 1 aromatic heterocycles. The number of aryl methyl sites for hydroxylation is 1. The van der Waals surface area contributed by atoms with Gasteiger partial charge >= 0.3 is 0 Å². The summed E-state index contributed by atoms with van der Waals surface area (Å²) in [5.41, 5.74) is 7.16. The first-order valence-electron chi connectivity index (χ1n) is 6.59. The van der Waals surface area contributed by atoms with Crippen LogP contribution in [0.25, 0.3) is 0 Å². The van der Waals surface area contributed by atoms with Crippen LogP contribution in [0, 0.1) is 6.92 Å². The summed E-state index contributed by atoms with van der Waals surface area (Å²) in [6.07, 6.45) is 1.70. The lowest BCUT2D eigenvalue weighted by atomic mass is 10.0. The van der Waals surface area contributed by atoms with Crippen molar-refractivity contribution in [2.75, 3.05) is 0 Å². The van der Waals surface area contributed by atoms with E-state index in [1.807, 2.05) is 30.7 Å². The van der Waals surface area contributed by atoms with E-state index >= 15 is 0 Å². The van der Waals surface area contributed by atoms with Gasteiger partial charge in [0, 0.05) is 23.0 Å². The Morgan fingerprint density at radius 2 is 2.15 bits per heavy atom. The quantitative estimate of drug-likeness (QED) is 0.921. The molecule has 1 unspecified atom stereocenters. The molecule has 2 aromatic rings. The summed E-state index contributed by atoms with van der Waals surface area (Å²) in [5, 5.41) is 9.88. The molecule has 0 spiro atoms. The highest BCUT2D eigenvalue weighted by molar-refractivity contribution is 7.99. The molecule has 0 bridgehead atoms. The summed E-state index contributed by atoms with van der Waals surface area (Å²) >= 11 is 7.91. The van der Waals surface area contributed by atoms with E-state index in [-0.39, 0.29) is 6.04 Å². The van der Waals surface area contributed by atoms with E-state index in [4.69, 9.17) is 17.3 Å². The Kier molecular flexibility index (Phi) is 5.07. The van der Waals surface area contributed by atoms with Gasteiger partial charge in [0.15, 0.2) is 5.16 Å². The Balaban J connectivity index is 2.31. The van der Waals surface area contributed by atoms with Crippen LogP contribution in [0.2, 0.25) is 5.02 Å². The van der Waals surface area contributed by atoms with Crippen molar-refractivity contribution in [1.29, 1.82) is 0 Å². The van der Waals surface area contributed by atoms with Gasteiger partial charge in [-0.1, -0.05) is 24.6 Å². The Morgan fingerprint density at radius 3 is 2.75 bits per heavy atom. The van der Waals surface area contributed by atoms with Gasteiger partial charge in [0.05, 0.1) is 0 Å². The van der Waals surface area contributed by atoms with Crippen molar-refractivity contribution >= 4 is 23.4 Å². The van der Waals surface area contributed by atoms with E-state index in [0.717, 1.165) is 39.3 Å². The van der Waals surface area contributed by atoms with Gasteiger partial charge in [0.2, 0.25) is 0 Å². The van der Waals surface area contributed by atoms with Crippen molar-refractivity contribution in [3.05, 3.63) is 34.6 Å². The predicted molar refractivity (Wildman–Crippen MR) is 83.3 cm³/mol. The molecule has 2 rings (SSSR count). The number of nitrogens with two attached hydrogens (primary N) is 1. The first-order valence-corrected chi connectivity index (χ1v) is 7.79. The van der Waals surface area contributed by atoms with Gasteiger partial charge in [-0.15, -0.1) is 10.2 Å². The van der Waals surface area contributed by atoms with Crippen LogP contribution in [0.3, 0.4) is 0 Å². The lowest BCUT2D eigenvalue weighted by Gasteiger charge is -2.14. The van der Waals surface area contributed by atoms with Gasteiger partial charge in [-0.3, -0.25) is 0 Å². The minimum Gasteiger partial charge on any atom is -0.327 e. The SMILES string of the molecule is CCC(N)Cc1c(Cl)cccc1Sc1nnc(C)n1C. The minimum absolute atomic E-state index is 0.121. The molecule has 0 amide bonds. The molecule has 4 nitrogen and oxygen atoms in total. The Morgan fingerprint density at radius 1 is 1.40 bits per heavy atom. The normalized spacial score (nSPS) is 12.7. The van der Waals surface area contributed by atoms with Crippen molar-refractivity contribution < 1.29 is 0 Å². The van der Waals surface area contributed by atoms with Crippen LogP contribution < -0.4 is 5.73 Å². The van der Waals surface area contributed by atoms with Crippen LogP contribution in [0.4, 0.5) is 0 Å². The van der Waals surface area contributed by atoms with Gasteiger partial charge < -0.3 is 10.3 Å². The van der Waals surface area contributed by atoms with Gasteiger partial charge in [-0.25, -0.2) is 0 Å². The average molecular weight is 311 g/mol. The molecule has 2 N–H and O–H groups in total. The van der Waals surface area contributed by atoms with Gasteiger partial charge in [0.25, 0.3) is 0 Å². The smallest absolute Gasteiger partial charge is 0.195 e. The number of nitrogens with zero attached hydrogens (tertiary/aromatic N) is 3. The Bertz CT molecular complexity index is 597. The van der Waals surface area contributed by atoms with Gasteiger partial charge in [-0.2, -0.15) is 0 Å². The van der Waals surface area contributed by atoms with Crippen molar-refractivity contribution in [2.45, 2.75) is 42.8 Å². The number of benzene rings is 1. The summed E-state index contributed by atoms with van der Waals surface area (Å²) in [6.45, 7) is 4.02. The van der Waals surface area contributed by atoms with Crippen LogP contribution in [0.5, 0.6) is 0 Å². The third kappa shape index (κ3) is 3.34. The molecule has 0 fully saturated rings. The molecule has 0 aliphatic rings. The summed E-state index contributed by atoms with van der Waals surface area (Å²) in [6, 6.07) is 6.04. The first kappa shape index (κ1) is 15.4. The van der Waals surface area contributed by atoms with Gasteiger partial charge in [0.1, 0.15) is 5.82 Å². The first-order chi connectivity index (χ1) is 9.52. The van der Waals surface area contributed by atoms with Crippen molar-refractivity contribution in [3.63, 3.8) is 0 Å². The fourth-order valence-corrected chi connectivity index (χ4v) is 3.13. The molecule has 1 aromatic carbocycles. The summed E-state index contributed by atoms with van der Waals surface area (Å²) in [7, 11) is 1.96. The zero-order valence-electron chi connectivity index (χ0n) is 11.9. The van der Waals surface area contributed by atoms with Crippen LogP contribution in [-0.2, 0) is 13.5 Å². The topological polar surface area (TPSA) is 56.7 Å². The molecule has 0 saturated heterocycles. The molecule has 6 heteroatoms. The number of hydrogen-bond donors (Lipinski definition) is 1. The molecule has 108 valence electrons. The van der Waals surface area contributed by atoms with Crippen LogP contribution >= 0.6 is 23.4 Å². The molecule has 0 aliphatic carbocycles. The minimum atomic E-state index is 0.121. The van der Waals surface area contributed by atoms with E-state index < -0.39 is 0 Å². The van der Waals surface area contributed by atoms with Gasteiger partial charge in [-0.05, 0) is 49.2 Å². The van der Waals surface area contributed by atoms with Crippen LogP contribution in [0.15, 0.2) is 28.3 Å². The lowest BCUT2D eigenvalue weighted by molar-refractivity contribution is 0.641. The molecule has 1 heterocycles. The number of hydrogen-bond acceptors (Lipinski definition) is 4. The molecule has 0 saturated carbocycles. The summed E-state index contributed by atoms with van der Waals surface area (Å²) in [5.74, 6) is 0.890. The van der Waals surface area contributed by atoms with E-state index in [9.17, 15) is 0 Å². The molecular weight excluding hydrogens is 292 g/mol. The third-order valence-corrected chi connectivity index (χ3v) is 4.82. The second-order valence-corrected chi connectivity index (χ2v) is 6.20. The molecule has 1 atom stereocenters. The zero-order chi connectivity index (χ0) is 14.7. The van der Waals surface area contributed by atoms with Crippen molar-refractivity contribution in [2.24, 2.45) is 12.8 Å². The highest BCUT2D eigenvalue weighted by Crippen LogP contribution is 2.33. The molecule has 0 aliphatic heterocycles. The van der Waals surface area contributed by atoms with E-state index in [1.54, 1.807) is 11.8 Å². The maximum absolute atomic E-state index is 6.33. The highest BCUT2D eigenvalue weighted by atomic mass is 35.5. The van der Waals surface area contributed by atoms with Crippen LogP contribution in [-0.4, -0.2) is 20.8 Å². The molecule has 20 heavy (non-hydrogen) atoms. The number of rotatable bonds is 5. The summed E-state index contributed by atoms with van der Waals surface area (Å²) in [4.78, 5) is 1.09.